The fourth-order valence-electron chi connectivity index (χ4n) is 1.58. The molecule has 20 heavy (non-hydrogen) atoms. The van der Waals surface area contributed by atoms with E-state index in [-0.39, 0.29) is 5.57 Å². The lowest BCUT2D eigenvalue weighted by molar-refractivity contribution is -0.206. The summed E-state index contributed by atoms with van der Waals surface area (Å²) in [6.07, 6.45) is 1.92. The SMILES string of the molecule is C=C(C(=O)OOc1ccccc1SC)c1ccccc1. The molecule has 2 rings (SSSR count). The summed E-state index contributed by atoms with van der Waals surface area (Å²) in [5.41, 5.74) is 0.964. The summed E-state index contributed by atoms with van der Waals surface area (Å²) in [4.78, 5) is 22.7. The molecule has 0 unspecified atom stereocenters. The van der Waals surface area contributed by atoms with Gasteiger partial charge in [0.1, 0.15) is 0 Å². The molecule has 0 saturated carbocycles. The molecule has 2 aromatic carbocycles. The largest absolute Gasteiger partial charge is 0.386 e. The maximum absolute atomic E-state index is 11.9. The quantitative estimate of drug-likeness (QED) is 0.361. The van der Waals surface area contributed by atoms with E-state index in [4.69, 9.17) is 9.78 Å². The van der Waals surface area contributed by atoms with Gasteiger partial charge in [0.05, 0.1) is 10.5 Å². The molecule has 0 amide bonds. The van der Waals surface area contributed by atoms with Crippen molar-refractivity contribution in [2.45, 2.75) is 4.90 Å². The highest BCUT2D eigenvalue weighted by molar-refractivity contribution is 7.98. The Morgan fingerprint density at radius 1 is 1.05 bits per heavy atom. The average Bonchev–Trinajstić information content (AvgIpc) is 2.53. The minimum atomic E-state index is -0.605. The van der Waals surface area contributed by atoms with Crippen molar-refractivity contribution in [2.24, 2.45) is 0 Å². The van der Waals surface area contributed by atoms with Crippen LogP contribution in [0.5, 0.6) is 5.75 Å². The Labute approximate surface area is 122 Å². The zero-order chi connectivity index (χ0) is 14.4. The zero-order valence-electron chi connectivity index (χ0n) is 11.0. The summed E-state index contributed by atoms with van der Waals surface area (Å²) < 4.78 is 0. The van der Waals surface area contributed by atoms with Crippen LogP contribution in [0.2, 0.25) is 0 Å². The molecular formula is C16H14O3S. The monoisotopic (exact) mass is 286 g/mol. The van der Waals surface area contributed by atoms with Gasteiger partial charge in [0.25, 0.3) is 0 Å². The normalized spacial score (nSPS) is 9.85. The van der Waals surface area contributed by atoms with Gasteiger partial charge < -0.3 is 0 Å². The minimum absolute atomic E-state index is 0.257. The van der Waals surface area contributed by atoms with Gasteiger partial charge in [-0.15, -0.1) is 11.8 Å². The summed E-state index contributed by atoms with van der Waals surface area (Å²) >= 11 is 1.51. The van der Waals surface area contributed by atoms with E-state index in [1.165, 1.54) is 11.8 Å². The Bertz CT molecular complexity index is 608. The first-order valence-corrected chi connectivity index (χ1v) is 7.21. The third kappa shape index (κ3) is 3.42. The van der Waals surface area contributed by atoms with Crippen LogP contribution in [0.4, 0.5) is 0 Å². The molecule has 0 aliphatic carbocycles. The second-order valence-corrected chi connectivity index (χ2v) is 4.80. The molecule has 0 heterocycles. The van der Waals surface area contributed by atoms with Gasteiger partial charge in [0.15, 0.2) is 5.75 Å². The van der Waals surface area contributed by atoms with Crippen LogP contribution in [-0.4, -0.2) is 12.2 Å². The first kappa shape index (κ1) is 14.2. The minimum Gasteiger partial charge on any atom is -0.285 e. The summed E-state index contributed by atoms with van der Waals surface area (Å²) in [5.74, 6) is -0.0960. The van der Waals surface area contributed by atoms with Crippen LogP contribution in [0.3, 0.4) is 0 Å². The Balaban J connectivity index is 2.01. The topological polar surface area (TPSA) is 35.5 Å². The Morgan fingerprint density at radius 3 is 2.40 bits per heavy atom. The number of carbonyl (C=O) groups excluding carboxylic acids is 1. The van der Waals surface area contributed by atoms with Gasteiger partial charge in [0.2, 0.25) is 0 Å². The maximum atomic E-state index is 11.9. The zero-order valence-corrected chi connectivity index (χ0v) is 11.9. The fraction of sp³-hybridized carbons (Fsp3) is 0.0625. The van der Waals surface area contributed by atoms with Crippen molar-refractivity contribution in [3.63, 3.8) is 0 Å². The van der Waals surface area contributed by atoms with Gasteiger partial charge in [-0.2, -0.15) is 0 Å². The molecule has 0 atom stereocenters. The molecule has 0 radical (unpaired) electrons. The van der Waals surface area contributed by atoms with Crippen LogP contribution < -0.4 is 4.89 Å². The summed E-state index contributed by atoms with van der Waals surface area (Å²) in [7, 11) is 0. The van der Waals surface area contributed by atoms with Crippen molar-refractivity contribution in [1.82, 2.24) is 0 Å². The first-order valence-electron chi connectivity index (χ1n) is 5.98. The van der Waals surface area contributed by atoms with E-state index in [0.717, 1.165) is 4.90 Å². The molecular weight excluding hydrogens is 272 g/mol. The lowest BCUT2D eigenvalue weighted by atomic mass is 10.1. The van der Waals surface area contributed by atoms with Crippen LogP contribution >= 0.6 is 11.8 Å². The lowest BCUT2D eigenvalue weighted by Crippen LogP contribution is -2.09. The van der Waals surface area contributed by atoms with E-state index in [2.05, 4.69) is 6.58 Å². The highest BCUT2D eigenvalue weighted by Crippen LogP contribution is 2.27. The third-order valence-electron chi connectivity index (χ3n) is 2.64. The molecule has 102 valence electrons. The van der Waals surface area contributed by atoms with Gasteiger partial charge in [-0.05, 0) is 24.0 Å². The van der Waals surface area contributed by atoms with Crippen LogP contribution in [0.15, 0.2) is 66.1 Å². The molecule has 0 spiro atoms. The van der Waals surface area contributed by atoms with E-state index in [9.17, 15) is 4.79 Å². The van der Waals surface area contributed by atoms with Crippen molar-refractivity contribution in [2.75, 3.05) is 6.26 Å². The second kappa shape index (κ2) is 6.82. The third-order valence-corrected chi connectivity index (χ3v) is 3.42. The van der Waals surface area contributed by atoms with Gasteiger partial charge in [-0.1, -0.05) is 49.0 Å². The van der Waals surface area contributed by atoms with Crippen molar-refractivity contribution in [3.8, 4) is 5.75 Å². The molecule has 0 saturated heterocycles. The highest BCUT2D eigenvalue weighted by atomic mass is 32.2. The standard InChI is InChI=1S/C16H14O3S/c1-12(13-8-4-3-5-9-13)16(17)19-18-14-10-6-7-11-15(14)20-2/h3-11H,1H2,2H3. The van der Waals surface area contributed by atoms with Gasteiger partial charge in [-0.25, -0.2) is 9.68 Å². The average molecular weight is 286 g/mol. The predicted molar refractivity (Wildman–Crippen MR) is 80.4 cm³/mol. The molecule has 0 aromatic heterocycles. The second-order valence-electron chi connectivity index (χ2n) is 3.95. The summed E-state index contributed by atoms with van der Waals surface area (Å²) in [5, 5.41) is 0. The van der Waals surface area contributed by atoms with Crippen LogP contribution in [0.1, 0.15) is 5.56 Å². The molecule has 4 heteroatoms. The number of carbonyl (C=O) groups is 1. The Hall–Kier alpha value is -2.20. The van der Waals surface area contributed by atoms with Gasteiger partial charge >= 0.3 is 5.97 Å². The smallest absolute Gasteiger partial charge is 0.285 e. The number of benzene rings is 2. The van der Waals surface area contributed by atoms with E-state index in [0.29, 0.717) is 11.3 Å². The summed E-state index contributed by atoms with van der Waals surface area (Å²) in [6, 6.07) is 16.4. The number of hydrogen-bond acceptors (Lipinski definition) is 4. The first-order chi connectivity index (χ1) is 9.72. The molecule has 0 fully saturated rings. The summed E-state index contributed by atoms with van der Waals surface area (Å²) in [6.45, 7) is 3.72. The Morgan fingerprint density at radius 2 is 1.70 bits per heavy atom. The van der Waals surface area contributed by atoms with Gasteiger partial charge in [-0.3, -0.25) is 4.89 Å². The van der Waals surface area contributed by atoms with Crippen molar-refractivity contribution in [1.29, 1.82) is 0 Å². The fourth-order valence-corrected chi connectivity index (χ4v) is 2.10. The number of rotatable bonds is 5. The van der Waals surface area contributed by atoms with Crippen molar-refractivity contribution < 1.29 is 14.6 Å². The van der Waals surface area contributed by atoms with Crippen molar-refractivity contribution >= 4 is 23.3 Å². The van der Waals surface area contributed by atoms with Gasteiger partial charge in [0, 0.05) is 0 Å². The molecule has 0 bridgehead atoms. The van der Waals surface area contributed by atoms with Crippen molar-refractivity contribution in [3.05, 3.63) is 66.7 Å². The predicted octanol–water partition coefficient (Wildman–Crippen LogP) is 3.96. The van der Waals surface area contributed by atoms with E-state index in [1.807, 2.05) is 42.7 Å². The van der Waals surface area contributed by atoms with E-state index >= 15 is 0 Å². The van der Waals surface area contributed by atoms with Crippen LogP contribution in [0, 0.1) is 0 Å². The molecule has 0 aliphatic rings. The molecule has 2 aromatic rings. The molecule has 3 nitrogen and oxygen atoms in total. The number of hydrogen-bond donors (Lipinski definition) is 0. The molecule has 0 N–H and O–H groups in total. The Kier molecular flexibility index (Phi) is 4.85. The van der Waals surface area contributed by atoms with Crippen LogP contribution in [0.25, 0.3) is 5.57 Å². The highest BCUT2D eigenvalue weighted by Gasteiger charge is 2.13. The number of para-hydroxylation sites is 1. The number of thioether (sulfide) groups is 1. The van der Waals surface area contributed by atoms with Crippen LogP contribution in [-0.2, 0) is 9.68 Å². The van der Waals surface area contributed by atoms with E-state index < -0.39 is 5.97 Å². The van der Waals surface area contributed by atoms with E-state index in [1.54, 1.807) is 18.2 Å². The lowest BCUT2D eigenvalue weighted by Gasteiger charge is -2.08. The molecule has 0 aliphatic heterocycles. The maximum Gasteiger partial charge on any atom is 0.386 e.